The number of carbonyl (C=O) groups excluding carboxylic acids is 2. The van der Waals surface area contributed by atoms with E-state index in [1.54, 1.807) is 43.3 Å². The molecule has 27 heavy (non-hydrogen) atoms. The van der Waals surface area contributed by atoms with Crippen LogP contribution in [0.5, 0.6) is 0 Å². The van der Waals surface area contributed by atoms with Crippen molar-refractivity contribution in [1.29, 1.82) is 0 Å². The number of nitrogens with one attached hydrogen (secondary N) is 1. The van der Waals surface area contributed by atoms with Gasteiger partial charge in [0.1, 0.15) is 6.54 Å². The fourth-order valence-corrected chi connectivity index (χ4v) is 2.78. The highest BCUT2D eigenvalue weighted by Crippen LogP contribution is 2.15. The topological polar surface area (TPSA) is 84.3 Å². The van der Waals surface area contributed by atoms with Crippen LogP contribution < -0.4 is 15.8 Å². The third-order valence-electron chi connectivity index (χ3n) is 4.19. The summed E-state index contributed by atoms with van der Waals surface area (Å²) in [4.78, 5) is 43.0. The van der Waals surface area contributed by atoms with Crippen LogP contribution in [0.25, 0.3) is 11.0 Å². The van der Waals surface area contributed by atoms with Crippen molar-refractivity contribution in [2.45, 2.75) is 19.9 Å². The minimum Gasteiger partial charge on any atom is -0.325 e. The van der Waals surface area contributed by atoms with E-state index in [9.17, 15) is 14.4 Å². The van der Waals surface area contributed by atoms with E-state index >= 15 is 0 Å². The van der Waals surface area contributed by atoms with Crippen LogP contribution in [0, 0.1) is 0 Å². The van der Waals surface area contributed by atoms with E-state index in [-0.39, 0.29) is 30.6 Å². The molecule has 7 nitrogen and oxygen atoms in total. The standard InChI is InChI=1S/C20H20N4O3/c1-3-18(26)23(2)19-20(27)24(16-12-8-7-11-15(16)22-19)13-17(25)21-14-9-5-4-6-10-14/h4-12H,3,13H2,1-2H3,(H,21,25). The van der Waals surface area contributed by atoms with Crippen LogP contribution in [-0.4, -0.2) is 28.4 Å². The lowest BCUT2D eigenvalue weighted by Crippen LogP contribution is -2.36. The molecular weight excluding hydrogens is 344 g/mol. The molecule has 0 aliphatic heterocycles. The second kappa shape index (κ2) is 7.82. The second-order valence-corrected chi connectivity index (χ2v) is 6.04. The second-order valence-electron chi connectivity index (χ2n) is 6.04. The minimum atomic E-state index is -0.485. The maximum absolute atomic E-state index is 13.0. The lowest BCUT2D eigenvalue weighted by molar-refractivity contribution is -0.118. The molecule has 0 unspecified atom stereocenters. The Kier molecular flexibility index (Phi) is 5.30. The molecule has 3 aromatic rings. The van der Waals surface area contributed by atoms with E-state index < -0.39 is 5.56 Å². The van der Waals surface area contributed by atoms with Crippen molar-refractivity contribution in [1.82, 2.24) is 9.55 Å². The predicted molar refractivity (Wildman–Crippen MR) is 105 cm³/mol. The molecule has 2 amide bonds. The largest absolute Gasteiger partial charge is 0.325 e. The first-order valence-electron chi connectivity index (χ1n) is 8.62. The Hall–Kier alpha value is -3.48. The molecule has 0 saturated carbocycles. The third kappa shape index (κ3) is 3.87. The van der Waals surface area contributed by atoms with E-state index in [0.717, 1.165) is 0 Å². The van der Waals surface area contributed by atoms with E-state index in [2.05, 4.69) is 10.3 Å². The molecule has 0 saturated heterocycles. The first kappa shape index (κ1) is 18.3. The van der Waals surface area contributed by atoms with Crippen LogP contribution in [0.4, 0.5) is 11.5 Å². The molecule has 0 fully saturated rings. The molecular formula is C20H20N4O3. The van der Waals surface area contributed by atoms with Gasteiger partial charge in [0.25, 0.3) is 5.56 Å². The van der Waals surface area contributed by atoms with Gasteiger partial charge in [-0.25, -0.2) is 4.98 Å². The number of anilines is 2. The molecule has 0 radical (unpaired) electrons. The highest BCUT2D eigenvalue weighted by molar-refractivity contribution is 5.94. The van der Waals surface area contributed by atoms with Crippen molar-refractivity contribution in [3.63, 3.8) is 0 Å². The molecule has 1 heterocycles. The molecule has 138 valence electrons. The molecule has 0 atom stereocenters. The van der Waals surface area contributed by atoms with Gasteiger partial charge in [-0.15, -0.1) is 0 Å². The van der Waals surface area contributed by atoms with Gasteiger partial charge in [0.15, 0.2) is 0 Å². The third-order valence-corrected chi connectivity index (χ3v) is 4.19. The summed E-state index contributed by atoms with van der Waals surface area (Å²) < 4.78 is 1.34. The molecule has 0 spiro atoms. The fourth-order valence-electron chi connectivity index (χ4n) is 2.78. The van der Waals surface area contributed by atoms with E-state index in [1.807, 2.05) is 18.2 Å². The van der Waals surface area contributed by atoms with Gasteiger partial charge in [-0.3, -0.25) is 23.9 Å². The van der Waals surface area contributed by atoms with Crippen molar-refractivity contribution in [3.8, 4) is 0 Å². The number of carbonyl (C=O) groups is 2. The quantitative estimate of drug-likeness (QED) is 0.753. The van der Waals surface area contributed by atoms with Crippen LogP contribution in [-0.2, 0) is 16.1 Å². The van der Waals surface area contributed by atoms with Gasteiger partial charge in [-0.1, -0.05) is 37.3 Å². The Labute approximate surface area is 156 Å². The zero-order valence-corrected chi connectivity index (χ0v) is 15.2. The number of para-hydroxylation sites is 3. The molecule has 0 aliphatic carbocycles. The summed E-state index contributed by atoms with van der Waals surface area (Å²) in [5.74, 6) is -0.557. The number of hydrogen-bond donors (Lipinski definition) is 1. The summed E-state index contributed by atoms with van der Waals surface area (Å²) in [6, 6.07) is 16.0. The van der Waals surface area contributed by atoms with Crippen molar-refractivity contribution in [2.24, 2.45) is 0 Å². The molecule has 1 aromatic heterocycles. The smallest absolute Gasteiger partial charge is 0.294 e. The van der Waals surface area contributed by atoms with Crippen LogP contribution in [0.2, 0.25) is 0 Å². The average molecular weight is 364 g/mol. The minimum absolute atomic E-state index is 0.00746. The lowest BCUT2D eigenvalue weighted by atomic mass is 10.2. The Bertz CT molecular complexity index is 1040. The summed E-state index contributed by atoms with van der Waals surface area (Å²) >= 11 is 0. The van der Waals surface area contributed by atoms with Gasteiger partial charge >= 0.3 is 0 Å². The average Bonchev–Trinajstić information content (AvgIpc) is 2.69. The Balaban J connectivity index is 2.02. The predicted octanol–water partition coefficient (Wildman–Crippen LogP) is 2.41. The van der Waals surface area contributed by atoms with Crippen LogP contribution >= 0.6 is 0 Å². The number of benzene rings is 2. The number of hydrogen-bond acceptors (Lipinski definition) is 4. The van der Waals surface area contributed by atoms with Crippen LogP contribution in [0.3, 0.4) is 0 Å². The number of fused-ring (bicyclic) bond motifs is 1. The summed E-state index contributed by atoms with van der Waals surface area (Å²) in [7, 11) is 1.51. The molecule has 3 rings (SSSR count). The highest BCUT2D eigenvalue weighted by atomic mass is 16.2. The highest BCUT2D eigenvalue weighted by Gasteiger charge is 2.19. The van der Waals surface area contributed by atoms with Gasteiger partial charge in [-0.05, 0) is 24.3 Å². The summed E-state index contributed by atoms with van der Waals surface area (Å²) in [6.45, 7) is 1.53. The molecule has 7 heteroatoms. The summed E-state index contributed by atoms with van der Waals surface area (Å²) in [5, 5.41) is 2.77. The van der Waals surface area contributed by atoms with Crippen molar-refractivity contribution in [3.05, 3.63) is 65.0 Å². The number of aromatic nitrogens is 2. The van der Waals surface area contributed by atoms with Gasteiger partial charge in [0, 0.05) is 19.2 Å². The molecule has 2 aromatic carbocycles. The van der Waals surface area contributed by atoms with Gasteiger partial charge in [-0.2, -0.15) is 0 Å². The Morgan fingerprint density at radius 1 is 1.07 bits per heavy atom. The van der Waals surface area contributed by atoms with Crippen LogP contribution in [0.15, 0.2) is 59.4 Å². The fraction of sp³-hybridized carbons (Fsp3) is 0.200. The Morgan fingerprint density at radius 3 is 2.44 bits per heavy atom. The lowest BCUT2D eigenvalue weighted by Gasteiger charge is -2.18. The van der Waals surface area contributed by atoms with Crippen molar-refractivity contribution >= 4 is 34.4 Å². The van der Waals surface area contributed by atoms with E-state index in [0.29, 0.717) is 16.7 Å². The zero-order chi connectivity index (χ0) is 19.4. The van der Waals surface area contributed by atoms with Gasteiger partial charge in [0.2, 0.25) is 17.6 Å². The molecule has 0 bridgehead atoms. The first-order chi connectivity index (χ1) is 13.0. The number of nitrogens with zero attached hydrogens (tertiary/aromatic N) is 3. The zero-order valence-electron chi connectivity index (χ0n) is 15.2. The summed E-state index contributed by atoms with van der Waals surface area (Å²) in [6.07, 6.45) is 0.249. The summed E-state index contributed by atoms with van der Waals surface area (Å²) in [5.41, 5.74) is 1.23. The van der Waals surface area contributed by atoms with E-state index in [1.165, 1.54) is 16.5 Å². The van der Waals surface area contributed by atoms with Gasteiger partial charge in [0.05, 0.1) is 11.0 Å². The first-order valence-corrected chi connectivity index (χ1v) is 8.62. The Morgan fingerprint density at radius 2 is 1.74 bits per heavy atom. The van der Waals surface area contributed by atoms with Gasteiger partial charge < -0.3 is 5.32 Å². The molecule has 1 N–H and O–H groups in total. The maximum Gasteiger partial charge on any atom is 0.294 e. The number of rotatable bonds is 5. The van der Waals surface area contributed by atoms with Crippen LogP contribution in [0.1, 0.15) is 13.3 Å². The van der Waals surface area contributed by atoms with E-state index in [4.69, 9.17) is 0 Å². The number of amides is 2. The van der Waals surface area contributed by atoms with Crippen molar-refractivity contribution < 1.29 is 9.59 Å². The molecule has 0 aliphatic rings. The maximum atomic E-state index is 13.0. The normalized spacial score (nSPS) is 10.6. The monoisotopic (exact) mass is 364 g/mol. The van der Waals surface area contributed by atoms with Crippen molar-refractivity contribution in [2.75, 3.05) is 17.3 Å². The SMILES string of the molecule is CCC(=O)N(C)c1nc2ccccc2n(CC(=O)Nc2ccccc2)c1=O.